The standard InChI is InChI=1S/C19H31N5/c1-14(2)22-9-6-18(7-10-22)19-20-8-11-23(19)17(5)13-24-16(4)12-15(3)21-24/h8,11-12,14,17-18H,6-7,9-10,13H2,1-5H3. The van der Waals surface area contributed by atoms with Gasteiger partial charge in [-0.1, -0.05) is 0 Å². The van der Waals surface area contributed by atoms with Crippen LogP contribution in [0.15, 0.2) is 18.5 Å². The molecule has 0 saturated carbocycles. The average Bonchev–Trinajstić information content (AvgIpc) is 3.14. The lowest BCUT2D eigenvalue weighted by atomic mass is 9.95. The summed E-state index contributed by atoms with van der Waals surface area (Å²) in [5, 5.41) is 4.61. The van der Waals surface area contributed by atoms with E-state index in [1.165, 1.54) is 37.4 Å². The minimum atomic E-state index is 0.364. The lowest BCUT2D eigenvalue weighted by Crippen LogP contribution is -2.38. The van der Waals surface area contributed by atoms with Crippen LogP contribution in [0.1, 0.15) is 62.8 Å². The van der Waals surface area contributed by atoms with Gasteiger partial charge in [0.15, 0.2) is 0 Å². The molecule has 1 atom stereocenters. The Bertz CT molecular complexity index is 661. The first-order valence-corrected chi connectivity index (χ1v) is 9.23. The van der Waals surface area contributed by atoms with Gasteiger partial charge in [-0.15, -0.1) is 0 Å². The van der Waals surface area contributed by atoms with Gasteiger partial charge in [-0.2, -0.15) is 5.10 Å². The van der Waals surface area contributed by atoms with Gasteiger partial charge in [-0.25, -0.2) is 4.98 Å². The normalized spacial score (nSPS) is 18.4. The summed E-state index contributed by atoms with van der Waals surface area (Å²) in [6.07, 6.45) is 6.52. The number of aryl methyl sites for hydroxylation is 2. The fourth-order valence-corrected chi connectivity index (χ4v) is 3.89. The molecule has 3 heterocycles. The number of rotatable bonds is 5. The third-order valence-corrected chi connectivity index (χ3v) is 5.34. The van der Waals surface area contributed by atoms with Crippen molar-refractivity contribution in [1.82, 2.24) is 24.2 Å². The summed E-state index contributed by atoms with van der Waals surface area (Å²) >= 11 is 0. The average molecular weight is 329 g/mol. The summed E-state index contributed by atoms with van der Waals surface area (Å²) in [4.78, 5) is 7.29. The van der Waals surface area contributed by atoms with E-state index in [4.69, 9.17) is 4.98 Å². The summed E-state index contributed by atoms with van der Waals surface area (Å²) < 4.78 is 4.48. The van der Waals surface area contributed by atoms with Crippen LogP contribution in [0, 0.1) is 13.8 Å². The SMILES string of the molecule is Cc1cc(C)n(CC(C)n2ccnc2C2CCN(C(C)C)CC2)n1. The molecule has 132 valence electrons. The zero-order chi connectivity index (χ0) is 17.3. The highest BCUT2D eigenvalue weighted by molar-refractivity contribution is 5.08. The largest absolute Gasteiger partial charge is 0.330 e. The van der Waals surface area contributed by atoms with Crippen molar-refractivity contribution in [3.05, 3.63) is 35.7 Å². The Labute approximate surface area is 145 Å². The quantitative estimate of drug-likeness (QED) is 0.842. The molecule has 3 rings (SSSR count). The monoisotopic (exact) mass is 329 g/mol. The van der Waals surface area contributed by atoms with Crippen molar-refractivity contribution >= 4 is 0 Å². The Kier molecular flexibility index (Phi) is 5.09. The molecule has 1 aliphatic rings. The number of aromatic nitrogens is 4. The van der Waals surface area contributed by atoms with Gasteiger partial charge in [0.05, 0.1) is 18.3 Å². The molecule has 24 heavy (non-hydrogen) atoms. The molecule has 5 nitrogen and oxygen atoms in total. The Hall–Kier alpha value is -1.62. The molecule has 2 aromatic rings. The second-order valence-electron chi connectivity index (χ2n) is 7.55. The first-order valence-electron chi connectivity index (χ1n) is 9.23. The van der Waals surface area contributed by atoms with Crippen molar-refractivity contribution in [2.24, 2.45) is 0 Å². The van der Waals surface area contributed by atoms with Crippen LogP contribution in [0.25, 0.3) is 0 Å². The number of hydrogen-bond acceptors (Lipinski definition) is 3. The molecule has 0 amide bonds. The van der Waals surface area contributed by atoms with Crippen molar-refractivity contribution < 1.29 is 0 Å². The molecule has 0 bridgehead atoms. The van der Waals surface area contributed by atoms with E-state index < -0.39 is 0 Å². The van der Waals surface area contributed by atoms with Crippen molar-refractivity contribution in [3.8, 4) is 0 Å². The second kappa shape index (κ2) is 7.09. The second-order valence-corrected chi connectivity index (χ2v) is 7.55. The van der Waals surface area contributed by atoms with E-state index in [-0.39, 0.29) is 0 Å². The van der Waals surface area contributed by atoms with Crippen molar-refractivity contribution in [1.29, 1.82) is 0 Å². The molecule has 1 aliphatic heterocycles. The molecule has 1 fully saturated rings. The minimum Gasteiger partial charge on any atom is -0.330 e. The molecule has 1 unspecified atom stereocenters. The summed E-state index contributed by atoms with van der Waals surface area (Å²) in [6.45, 7) is 14.3. The van der Waals surface area contributed by atoms with Crippen molar-refractivity contribution in [2.75, 3.05) is 13.1 Å². The van der Waals surface area contributed by atoms with Crippen LogP contribution in [-0.2, 0) is 6.54 Å². The zero-order valence-electron chi connectivity index (χ0n) is 15.7. The molecular formula is C19H31N5. The summed E-state index contributed by atoms with van der Waals surface area (Å²) in [5.41, 5.74) is 2.32. The fourth-order valence-electron chi connectivity index (χ4n) is 3.89. The summed E-state index contributed by atoms with van der Waals surface area (Å²) in [7, 11) is 0. The minimum absolute atomic E-state index is 0.364. The lowest BCUT2D eigenvalue weighted by Gasteiger charge is -2.35. The molecule has 2 aromatic heterocycles. The van der Waals surface area contributed by atoms with Gasteiger partial charge in [-0.05, 0) is 66.6 Å². The van der Waals surface area contributed by atoms with Gasteiger partial charge < -0.3 is 9.47 Å². The molecular weight excluding hydrogens is 298 g/mol. The van der Waals surface area contributed by atoms with E-state index in [0.29, 0.717) is 18.0 Å². The zero-order valence-corrected chi connectivity index (χ0v) is 15.7. The maximum Gasteiger partial charge on any atom is 0.112 e. The van der Waals surface area contributed by atoms with Crippen LogP contribution in [0.4, 0.5) is 0 Å². The van der Waals surface area contributed by atoms with Gasteiger partial charge in [0, 0.05) is 30.0 Å². The first-order chi connectivity index (χ1) is 11.5. The van der Waals surface area contributed by atoms with Crippen LogP contribution < -0.4 is 0 Å². The van der Waals surface area contributed by atoms with Crippen LogP contribution in [0.2, 0.25) is 0 Å². The smallest absolute Gasteiger partial charge is 0.112 e. The van der Waals surface area contributed by atoms with E-state index >= 15 is 0 Å². The van der Waals surface area contributed by atoms with E-state index in [2.05, 4.69) is 66.1 Å². The van der Waals surface area contributed by atoms with E-state index in [1.54, 1.807) is 0 Å². The molecule has 0 spiro atoms. The van der Waals surface area contributed by atoms with Crippen LogP contribution in [-0.4, -0.2) is 43.4 Å². The van der Waals surface area contributed by atoms with Crippen molar-refractivity contribution in [2.45, 2.75) is 72.0 Å². The third-order valence-electron chi connectivity index (χ3n) is 5.34. The molecule has 5 heteroatoms. The lowest BCUT2D eigenvalue weighted by molar-refractivity contribution is 0.167. The Balaban J connectivity index is 1.70. The highest BCUT2D eigenvalue weighted by Gasteiger charge is 2.26. The highest BCUT2D eigenvalue weighted by Crippen LogP contribution is 2.29. The van der Waals surface area contributed by atoms with Crippen LogP contribution in [0.5, 0.6) is 0 Å². The van der Waals surface area contributed by atoms with Gasteiger partial charge >= 0.3 is 0 Å². The number of nitrogens with zero attached hydrogens (tertiary/aromatic N) is 5. The molecule has 0 aliphatic carbocycles. The van der Waals surface area contributed by atoms with Gasteiger partial charge in [-0.3, -0.25) is 4.68 Å². The molecule has 0 N–H and O–H groups in total. The summed E-state index contributed by atoms with van der Waals surface area (Å²) in [6, 6.07) is 3.16. The maximum atomic E-state index is 4.71. The predicted octanol–water partition coefficient (Wildman–Crippen LogP) is 3.55. The first kappa shape index (κ1) is 17.2. The Morgan fingerprint density at radius 2 is 1.88 bits per heavy atom. The molecule has 1 saturated heterocycles. The highest BCUT2D eigenvalue weighted by atomic mass is 15.3. The van der Waals surface area contributed by atoms with Crippen LogP contribution in [0.3, 0.4) is 0 Å². The number of imidazole rings is 1. The third kappa shape index (κ3) is 3.56. The maximum absolute atomic E-state index is 4.71. The van der Waals surface area contributed by atoms with Crippen molar-refractivity contribution in [3.63, 3.8) is 0 Å². The Morgan fingerprint density at radius 3 is 2.46 bits per heavy atom. The summed E-state index contributed by atoms with van der Waals surface area (Å²) in [5.74, 6) is 1.84. The topological polar surface area (TPSA) is 38.9 Å². The predicted molar refractivity (Wildman–Crippen MR) is 97.3 cm³/mol. The van der Waals surface area contributed by atoms with Gasteiger partial charge in [0.2, 0.25) is 0 Å². The Morgan fingerprint density at radius 1 is 1.17 bits per heavy atom. The van der Waals surface area contributed by atoms with Gasteiger partial charge in [0.25, 0.3) is 0 Å². The van der Waals surface area contributed by atoms with E-state index in [1.807, 2.05) is 6.20 Å². The number of piperidine rings is 1. The van der Waals surface area contributed by atoms with Gasteiger partial charge in [0.1, 0.15) is 5.82 Å². The molecule has 0 radical (unpaired) electrons. The number of likely N-dealkylation sites (tertiary alicyclic amines) is 1. The fraction of sp³-hybridized carbons (Fsp3) is 0.684. The van der Waals surface area contributed by atoms with E-state index in [0.717, 1.165) is 12.2 Å². The van der Waals surface area contributed by atoms with E-state index in [9.17, 15) is 0 Å². The van der Waals surface area contributed by atoms with Crippen LogP contribution >= 0.6 is 0 Å². The number of hydrogen-bond donors (Lipinski definition) is 0. The molecule has 0 aromatic carbocycles.